The summed E-state index contributed by atoms with van der Waals surface area (Å²) >= 11 is 12.0. The lowest BCUT2D eigenvalue weighted by atomic mass is 10.0. The summed E-state index contributed by atoms with van der Waals surface area (Å²) in [6, 6.07) is 0.928. The van der Waals surface area contributed by atoms with Crippen LogP contribution in [0.3, 0.4) is 0 Å². The highest BCUT2D eigenvalue weighted by Crippen LogP contribution is 2.27. The van der Waals surface area contributed by atoms with Gasteiger partial charge in [0.05, 0.1) is 35.4 Å². The van der Waals surface area contributed by atoms with Gasteiger partial charge in [0.1, 0.15) is 18.0 Å². The minimum atomic E-state index is -0.973. The van der Waals surface area contributed by atoms with Crippen molar-refractivity contribution in [3.63, 3.8) is 0 Å². The van der Waals surface area contributed by atoms with E-state index in [0.717, 1.165) is 6.42 Å². The molecule has 10 heteroatoms. The van der Waals surface area contributed by atoms with Crippen molar-refractivity contribution in [3.05, 3.63) is 44.3 Å². The molecular weight excluding hydrogens is 384 g/mol. The molecule has 1 atom stereocenters. The Morgan fingerprint density at radius 2 is 2.12 bits per heavy atom. The quantitative estimate of drug-likeness (QED) is 0.789. The van der Waals surface area contributed by atoms with E-state index in [1.54, 1.807) is 6.07 Å². The molecule has 0 unspecified atom stereocenters. The van der Waals surface area contributed by atoms with Gasteiger partial charge in [-0.1, -0.05) is 23.2 Å². The first-order chi connectivity index (χ1) is 12.4. The van der Waals surface area contributed by atoms with Crippen molar-refractivity contribution in [1.82, 2.24) is 24.2 Å². The van der Waals surface area contributed by atoms with Crippen LogP contribution < -0.4 is 5.69 Å². The normalized spacial score (nSPS) is 20.0. The monoisotopic (exact) mass is 399 g/mol. The molecule has 2 aromatic heterocycles. The van der Waals surface area contributed by atoms with E-state index in [4.69, 9.17) is 23.2 Å². The highest BCUT2D eigenvalue weighted by molar-refractivity contribution is 6.34. The lowest BCUT2D eigenvalue weighted by Gasteiger charge is -2.37. The Balaban J connectivity index is 1.64. The Bertz CT molecular complexity index is 922. The maximum Gasteiger partial charge on any atom is 0.347 e. The van der Waals surface area contributed by atoms with E-state index < -0.39 is 12.2 Å². The molecule has 0 aromatic carbocycles. The van der Waals surface area contributed by atoms with Crippen LogP contribution in [0.25, 0.3) is 0 Å². The van der Waals surface area contributed by atoms with Gasteiger partial charge in [0.25, 0.3) is 0 Å². The Hall–Kier alpha value is -1.93. The summed E-state index contributed by atoms with van der Waals surface area (Å²) in [7, 11) is 0. The maximum absolute atomic E-state index is 13.1. The zero-order valence-electron chi connectivity index (χ0n) is 13.7. The molecule has 1 saturated heterocycles. The number of hydrogen-bond donors (Lipinski definition) is 0. The highest BCUT2D eigenvalue weighted by Gasteiger charge is 2.38. The minimum Gasteiger partial charge on any atom is -0.335 e. The van der Waals surface area contributed by atoms with Crippen LogP contribution in [0.15, 0.2) is 17.1 Å². The molecule has 2 aliphatic rings. The Morgan fingerprint density at radius 3 is 2.81 bits per heavy atom. The van der Waals surface area contributed by atoms with E-state index in [-0.39, 0.29) is 31.2 Å². The maximum atomic E-state index is 13.1. The van der Waals surface area contributed by atoms with Crippen LogP contribution in [0.4, 0.5) is 4.39 Å². The number of nitrogens with zero attached hydrogens (tertiary/aromatic N) is 5. The van der Waals surface area contributed by atoms with Gasteiger partial charge in [-0.2, -0.15) is 5.10 Å². The predicted molar refractivity (Wildman–Crippen MR) is 93.3 cm³/mol. The zero-order chi connectivity index (χ0) is 18.4. The molecule has 0 aliphatic carbocycles. The molecule has 1 amide bonds. The highest BCUT2D eigenvalue weighted by atomic mass is 35.5. The number of amides is 1. The topological polar surface area (TPSA) is 73.0 Å². The number of carbonyl (C=O) groups excluding carboxylic acids is 1. The Labute approximate surface area is 158 Å². The van der Waals surface area contributed by atoms with Crippen molar-refractivity contribution in [1.29, 1.82) is 0 Å². The van der Waals surface area contributed by atoms with Crippen LogP contribution in [0.2, 0.25) is 10.0 Å². The lowest BCUT2D eigenvalue weighted by molar-refractivity contribution is -0.142. The molecule has 0 radical (unpaired) electrons. The molecule has 0 spiro atoms. The number of alkyl halides is 1. The summed E-state index contributed by atoms with van der Waals surface area (Å²) in [6.07, 6.45) is 2.39. The summed E-state index contributed by atoms with van der Waals surface area (Å²) in [6.45, 7) is 0.279. The molecule has 26 heavy (non-hydrogen) atoms. The SMILES string of the molecule is O=C([C@@H]1CCCc2nn(Cc3ncc(Cl)cc3Cl)c(=O)n21)N1CC(F)C1. The van der Waals surface area contributed by atoms with Crippen LogP contribution >= 0.6 is 23.2 Å². The molecule has 4 rings (SSSR count). The third kappa shape index (κ3) is 3.01. The van der Waals surface area contributed by atoms with Crippen molar-refractivity contribution in [3.8, 4) is 0 Å². The van der Waals surface area contributed by atoms with E-state index in [1.807, 2.05) is 0 Å². The molecule has 0 bridgehead atoms. The number of halogens is 3. The fraction of sp³-hybridized carbons (Fsp3) is 0.500. The van der Waals surface area contributed by atoms with Gasteiger partial charge in [-0.25, -0.2) is 13.9 Å². The molecule has 2 aromatic rings. The van der Waals surface area contributed by atoms with Crippen molar-refractivity contribution < 1.29 is 9.18 Å². The van der Waals surface area contributed by atoms with Crippen LogP contribution in [0.5, 0.6) is 0 Å². The largest absolute Gasteiger partial charge is 0.347 e. The summed E-state index contributed by atoms with van der Waals surface area (Å²) in [5.41, 5.74) is 0.0858. The molecule has 0 N–H and O–H groups in total. The molecule has 7 nitrogen and oxygen atoms in total. The van der Waals surface area contributed by atoms with E-state index >= 15 is 0 Å². The average Bonchev–Trinajstić information content (AvgIpc) is 2.90. The molecule has 0 saturated carbocycles. The van der Waals surface area contributed by atoms with Gasteiger partial charge in [0.15, 0.2) is 0 Å². The fourth-order valence-corrected chi connectivity index (χ4v) is 3.82. The van der Waals surface area contributed by atoms with Crippen molar-refractivity contribution in [2.75, 3.05) is 13.1 Å². The second-order valence-corrected chi connectivity index (χ2v) is 7.40. The van der Waals surface area contributed by atoms with Crippen LogP contribution in [0.1, 0.15) is 30.4 Å². The van der Waals surface area contributed by atoms with Gasteiger partial charge in [-0.05, 0) is 18.9 Å². The zero-order valence-corrected chi connectivity index (χ0v) is 15.3. The van der Waals surface area contributed by atoms with Gasteiger partial charge in [0.2, 0.25) is 5.91 Å². The standard InChI is InChI=1S/C16H16Cl2FN5O2/c17-9-4-11(18)12(20-5-9)8-23-16(26)24-13(2-1-3-14(24)21-23)15(25)22-6-10(19)7-22/h4-5,10,13H,1-3,6-8H2/t13-/m0/s1. The fourth-order valence-electron chi connectivity index (χ4n) is 3.38. The van der Waals surface area contributed by atoms with E-state index in [1.165, 1.54) is 20.3 Å². The first kappa shape index (κ1) is 17.5. The number of aryl methyl sites for hydroxylation is 1. The van der Waals surface area contributed by atoms with E-state index in [9.17, 15) is 14.0 Å². The van der Waals surface area contributed by atoms with Crippen molar-refractivity contribution in [2.24, 2.45) is 0 Å². The first-order valence-electron chi connectivity index (χ1n) is 8.35. The number of fused-ring (bicyclic) bond motifs is 1. The van der Waals surface area contributed by atoms with Gasteiger partial charge in [-0.3, -0.25) is 14.3 Å². The summed E-state index contributed by atoms with van der Waals surface area (Å²) in [4.78, 5) is 31.0. The second-order valence-electron chi connectivity index (χ2n) is 6.56. The third-order valence-electron chi connectivity index (χ3n) is 4.75. The average molecular weight is 400 g/mol. The van der Waals surface area contributed by atoms with Gasteiger partial charge in [-0.15, -0.1) is 0 Å². The van der Waals surface area contributed by atoms with Crippen molar-refractivity contribution in [2.45, 2.75) is 38.0 Å². The lowest BCUT2D eigenvalue weighted by Crippen LogP contribution is -2.54. The first-order valence-corrected chi connectivity index (χ1v) is 9.10. The third-order valence-corrected chi connectivity index (χ3v) is 5.28. The number of likely N-dealkylation sites (tertiary alicyclic amines) is 1. The number of hydrogen-bond acceptors (Lipinski definition) is 4. The van der Waals surface area contributed by atoms with Crippen LogP contribution in [-0.4, -0.2) is 49.4 Å². The summed E-state index contributed by atoms with van der Waals surface area (Å²) in [5.74, 6) is 0.339. The van der Waals surface area contributed by atoms with E-state index in [2.05, 4.69) is 10.1 Å². The second kappa shape index (κ2) is 6.66. The number of aromatic nitrogens is 4. The van der Waals surface area contributed by atoms with Crippen molar-refractivity contribution >= 4 is 29.1 Å². The van der Waals surface area contributed by atoms with Gasteiger partial charge >= 0.3 is 5.69 Å². The smallest absolute Gasteiger partial charge is 0.335 e. The minimum absolute atomic E-state index is 0.0893. The molecule has 138 valence electrons. The number of rotatable bonds is 3. The van der Waals surface area contributed by atoms with Crippen LogP contribution in [-0.2, 0) is 17.8 Å². The van der Waals surface area contributed by atoms with Crippen LogP contribution in [0, 0.1) is 0 Å². The predicted octanol–water partition coefficient (Wildman–Crippen LogP) is 1.85. The molecule has 1 fully saturated rings. The number of carbonyl (C=O) groups is 1. The molecule has 4 heterocycles. The van der Waals surface area contributed by atoms with Gasteiger partial charge < -0.3 is 4.90 Å². The Morgan fingerprint density at radius 1 is 1.35 bits per heavy atom. The number of pyridine rings is 1. The molecular formula is C16H16Cl2FN5O2. The van der Waals surface area contributed by atoms with E-state index in [0.29, 0.717) is 34.4 Å². The summed E-state index contributed by atoms with van der Waals surface area (Å²) < 4.78 is 15.8. The summed E-state index contributed by atoms with van der Waals surface area (Å²) in [5, 5.41) is 5.10. The Kier molecular flexibility index (Phi) is 4.48. The van der Waals surface area contributed by atoms with Gasteiger partial charge in [0, 0.05) is 12.6 Å². The molecule has 2 aliphatic heterocycles.